The number of rotatable bonds is 7. The third-order valence-electron chi connectivity index (χ3n) is 5.20. The van der Waals surface area contributed by atoms with Crippen molar-refractivity contribution in [1.29, 1.82) is 0 Å². The number of amides is 1. The minimum absolute atomic E-state index is 0.0108. The predicted molar refractivity (Wildman–Crippen MR) is 118 cm³/mol. The number of halogens is 1. The van der Waals surface area contributed by atoms with Crippen molar-refractivity contribution in [2.24, 2.45) is 0 Å². The second-order valence-corrected chi connectivity index (χ2v) is 8.20. The van der Waals surface area contributed by atoms with Gasteiger partial charge in [-0.1, -0.05) is 0 Å². The minimum atomic E-state index is -0.249. The van der Waals surface area contributed by atoms with E-state index in [4.69, 9.17) is 9.47 Å². The van der Waals surface area contributed by atoms with Crippen molar-refractivity contribution in [2.45, 2.75) is 6.54 Å². The van der Waals surface area contributed by atoms with Gasteiger partial charge in [-0.15, -0.1) is 11.3 Å². The molecule has 0 spiro atoms. The van der Waals surface area contributed by atoms with E-state index in [0.717, 1.165) is 41.6 Å². The van der Waals surface area contributed by atoms with Gasteiger partial charge in [0.05, 0.1) is 19.3 Å². The minimum Gasteiger partial charge on any atom is -0.497 e. The molecule has 6 nitrogen and oxygen atoms in total. The number of hydrogen-bond donors (Lipinski definition) is 0. The molecule has 1 fully saturated rings. The summed E-state index contributed by atoms with van der Waals surface area (Å²) in [5.74, 6) is 1.14. The van der Waals surface area contributed by atoms with Crippen LogP contribution in [0.4, 0.5) is 4.39 Å². The summed E-state index contributed by atoms with van der Waals surface area (Å²) in [6.07, 6.45) is 0. The zero-order valence-corrected chi connectivity index (χ0v) is 18.1. The highest BCUT2D eigenvalue weighted by Crippen LogP contribution is 2.23. The Kier molecular flexibility index (Phi) is 6.79. The first-order chi connectivity index (χ1) is 15.1. The Morgan fingerprint density at radius 3 is 2.39 bits per heavy atom. The molecule has 162 valence electrons. The molecule has 3 aromatic rings. The molecule has 1 aliphatic heterocycles. The van der Waals surface area contributed by atoms with E-state index < -0.39 is 0 Å². The van der Waals surface area contributed by atoms with E-state index in [1.165, 1.54) is 12.1 Å². The molecule has 1 amide bonds. The molecule has 1 aromatic heterocycles. The van der Waals surface area contributed by atoms with E-state index in [1.54, 1.807) is 54.8 Å². The lowest BCUT2D eigenvalue weighted by Gasteiger charge is -2.34. The zero-order valence-electron chi connectivity index (χ0n) is 17.3. The van der Waals surface area contributed by atoms with E-state index in [1.807, 2.05) is 10.3 Å². The second-order valence-electron chi connectivity index (χ2n) is 7.25. The lowest BCUT2D eigenvalue weighted by Crippen LogP contribution is -2.49. The number of carbonyl (C=O) groups excluding carboxylic acids is 1. The molecule has 0 radical (unpaired) electrons. The fourth-order valence-corrected chi connectivity index (χ4v) is 4.24. The van der Waals surface area contributed by atoms with E-state index in [0.29, 0.717) is 18.8 Å². The number of ether oxygens (including phenoxy) is 2. The van der Waals surface area contributed by atoms with Gasteiger partial charge in [-0.05, 0) is 48.5 Å². The maximum atomic E-state index is 13.1. The van der Waals surface area contributed by atoms with E-state index in [2.05, 4.69) is 9.88 Å². The van der Waals surface area contributed by atoms with Gasteiger partial charge in [-0.3, -0.25) is 9.69 Å². The van der Waals surface area contributed by atoms with Gasteiger partial charge in [0.25, 0.3) is 5.91 Å². The summed E-state index contributed by atoms with van der Waals surface area (Å²) in [5.41, 5.74) is 1.78. The summed E-state index contributed by atoms with van der Waals surface area (Å²) in [5, 5.41) is 3.01. The molecule has 0 unspecified atom stereocenters. The standard InChI is InChI=1S/C23H24FN3O3S/c1-29-19-6-8-20(9-7-19)30-15-23(28)27-12-10-26(11-13-27)14-22-25-21(16-31-22)17-2-4-18(24)5-3-17/h2-9,16H,10-15H2,1H3. The Bertz CT molecular complexity index is 1000. The molecule has 1 saturated heterocycles. The van der Waals surface area contributed by atoms with Gasteiger partial charge in [0.15, 0.2) is 6.61 Å². The molecular weight excluding hydrogens is 417 g/mol. The van der Waals surface area contributed by atoms with Crippen LogP contribution in [0.5, 0.6) is 11.5 Å². The van der Waals surface area contributed by atoms with Crippen molar-refractivity contribution in [3.8, 4) is 22.8 Å². The number of nitrogens with zero attached hydrogens (tertiary/aromatic N) is 3. The van der Waals surface area contributed by atoms with Crippen LogP contribution in [0, 0.1) is 5.82 Å². The van der Waals surface area contributed by atoms with Crippen LogP contribution in [0.25, 0.3) is 11.3 Å². The number of benzene rings is 2. The normalized spacial score (nSPS) is 14.5. The molecule has 1 aliphatic rings. The molecule has 31 heavy (non-hydrogen) atoms. The molecule has 0 N–H and O–H groups in total. The quantitative estimate of drug-likeness (QED) is 0.560. The summed E-state index contributed by atoms with van der Waals surface area (Å²) < 4.78 is 23.8. The van der Waals surface area contributed by atoms with Crippen LogP contribution in [0.2, 0.25) is 0 Å². The monoisotopic (exact) mass is 441 g/mol. The van der Waals surface area contributed by atoms with Crippen LogP contribution in [0.15, 0.2) is 53.9 Å². The smallest absolute Gasteiger partial charge is 0.260 e. The van der Waals surface area contributed by atoms with Gasteiger partial charge in [0.1, 0.15) is 22.3 Å². The van der Waals surface area contributed by atoms with Gasteiger partial charge >= 0.3 is 0 Å². The van der Waals surface area contributed by atoms with Crippen LogP contribution < -0.4 is 9.47 Å². The summed E-state index contributed by atoms with van der Waals surface area (Å²) in [6, 6.07) is 13.6. The number of hydrogen-bond acceptors (Lipinski definition) is 6. The summed E-state index contributed by atoms with van der Waals surface area (Å²) in [6.45, 7) is 3.69. The van der Waals surface area contributed by atoms with E-state index in [-0.39, 0.29) is 18.3 Å². The van der Waals surface area contributed by atoms with Gasteiger partial charge < -0.3 is 14.4 Å². The summed E-state index contributed by atoms with van der Waals surface area (Å²) >= 11 is 1.60. The second kappa shape index (κ2) is 9.89. The number of thiazole rings is 1. The Morgan fingerprint density at radius 2 is 1.71 bits per heavy atom. The SMILES string of the molecule is COc1ccc(OCC(=O)N2CCN(Cc3nc(-c4ccc(F)cc4)cs3)CC2)cc1. The first kappa shape index (κ1) is 21.3. The van der Waals surface area contributed by atoms with Gasteiger partial charge in [-0.2, -0.15) is 0 Å². The Hall–Kier alpha value is -2.97. The van der Waals surface area contributed by atoms with Crippen LogP contribution in [-0.2, 0) is 11.3 Å². The molecule has 4 rings (SSSR count). The lowest BCUT2D eigenvalue weighted by molar-refractivity contribution is -0.135. The highest BCUT2D eigenvalue weighted by atomic mass is 32.1. The molecule has 0 atom stereocenters. The number of methoxy groups -OCH3 is 1. The van der Waals surface area contributed by atoms with Crippen LogP contribution >= 0.6 is 11.3 Å². The van der Waals surface area contributed by atoms with E-state index >= 15 is 0 Å². The molecule has 2 aromatic carbocycles. The summed E-state index contributed by atoms with van der Waals surface area (Å²) in [4.78, 5) is 21.3. The Labute approximate surface area is 184 Å². The Morgan fingerprint density at radius 1 is 1.03 bits per heavy atom. The summed E-state index contributed by atoms with van der Waals surface area (Å²) in [7, 11) is 1.61. The van der Waals surface area contributed by atoms with Crippen molar-refractivity contribution in [2.75, 3.05) is 39.9 Å². The molecular formula is C23H24FN3O3S. The fourth-order valence-electron chi connectivity index (χ4n) is 3.39. The van der Waals surface area contributed by atoms with Crippen molar-refractivity contribution < 1.29 is 18.7 Å². The average molecular weight is 442 g/mol. The van der Waals surface area contributed by atoms with Gasteiger partial charge in [-0.25, -0.2) is 9.37 Å². The van der Waals surface area contributed by atoms with E-state index in [9.17, 15) is 9.18 Å². The van der Waals surface area contributed by atoms with Crippen LogP contribution in [0.3, 0.4) is 0 Å². The first-order valence-corrected chi connectivity index (χ1v) is 11.0. The fraction of sp³-hybridized carbons (Fsp3) is 0.304. The number of aromatic nitrogens is 1. The number of piperazine rings is 1. The predicted octanol–water partition coefficient (Wildman–Crippen LogP) is 3.68. The van der Waals surface area contributed by atoms with Crippen LogP contribution in [0.1, 0.15) is 5.01 Å². The maximum absolute atomic E-state index is 13.1. The van der Waals surface area contributed by atoms with Crippen molar-refractivity contribution in [1.82, 2.24) is 14.8 Å². The van der Waals surface area contributed by atoms with Crippen molar-refractivity contribution in [3.05, 3.63) is 64.7 Å². The van der Waals surface area contributed by atoms with Crippen molar-refractivity contribution in [3.63, 3.8) is 0 Å². The topological polar surface area (TPSA) is 54.9 Å². The highest BCUT2D eigenvalue weighted by molar-refractivity contribution is 7.09. The highest BCUT2D eigenvalue weighted by Gasteiger charge is 2.22. The van der Waals surface area contributed by atoms with Gasteiger partial charge in [0.2, 0.25) is 0 Å². The van der Waals surface area contributed by atoms with Crippen LogP contribution in [-0.4, -0.2) is 60.6 Å². The first-order valence-electron chi connectivity index (χ1n) is 10.1. The molecule has 8 heteroatoms. The Balaban J connectivity index is 1.23. The molecule has 0 aliphatic carbocycles. The third-order valence-corrected chi connectivity index (χ3v) is 6.03. The molecule has 0 bridgehead atoms. The lowest BCUT2D eigenvalue weighted by atomic mass is 10.2. The van der Waals surface area contributed by atoms with Crippen molar-refractivity contribution >= 4 is 17.2 Å². The molecule has 0 saturated carbocycles. The largest absolute Gasteiger partial charge is 0.497 e. The molecule has 2 heterocycles. The maximum Gasteiger partial charge on any atom is 0.260 e. The zero-order chi connectivity index (χ0) is 21.6. The number of carbonyl (C=O) groups is 1. The third kappa shape index (κ3) is 5.59. The average Bonchev–Trinajstić information content (AvgIpc) is 3.27. The van der Waals surface area contributed by atoms with Gasteiger partial charge in [0, 0.05) is 37.1 Å².